The third-order valence-corrected chi connectivity index (χ3v) is 4.64. The van der Waals surface area contributed by atoms with E-state index in [0.717, 1.165) is 26.9 Å². The van der Waals surface area contributed by atoms with Gasteiger partial charge in [0.05, 0.1) is 0 Å². The second-order valence-corrected chi connectivity index (χ2v) is 7.04. The maximum Gasteiger partial charge on any atom is 0.221 e. The van der Waals surface area contributed by atoms with Crippen molar-refractivity contribution < 1.29 is 4.79 Å². The minimum absolute atomic E-state index is 0.0915. The molecular formula is C18H17N7OS. The van der Waals surface area contributed by atoms with Gasteiger partial charge in [-0.15, -0.1) is 0 Å². The first-order valence-corrected chi connectivity index (χ1v) is 9.07. The first-order valence-electron chi connectivity index (χ1n) is 8.25. The van der Waals surface area contributed by atoms with E-state index in [4.69, 9.17) is 4.98 Å². The Morgan fingerprint density at radius 1 is 1.22 bits per heavy atom. The van der Waals surface area contributed by atoms with E-state index in [9.17, 15) is 4.79 Å². The van der Waals surface area contributed by atoms with Crippen LogP contribution in [0.2, 0.25) is 0 Å². The van der Waals surface area contributed by atoms with Crippen LogP contribution in [0.5, 0.6) is 0 Å². The molecule has 0 bridgehead atoms. The Bertz CT molecular complexity index is 1100. The van der Waals surface area contributed by atoms with Gasteiger partial charge < -0.3 is 10.6 Å². The first-order chi connectivity index (χ1) is 13.1. The van der Waals surface area contributed by atoms with E-state index in [2.05, 4.69) is 25.8 Å². The number of anilines is 3. The molecule has 9 heteroatoms. The number of carbonyl (C=O) groups excluding carboxylic acids is 1. The minimum Gasteiger partial charge on any atom is -0.326 e. The molecule has 1 amide bonds. The van der Waals surface area contributed by atoms with Crippen molar-refractivity contribution in [3.05, 3.63) is 54.5 Å². The number of aryl methyl sites for hydroxylation is 1. The fraction of sp³-hybridized carbons (Fsp3) is 0.111. The standard InChI is InChI=1S/C18H17N7OS/c1-11-9-15(24-23-11)21-18-22-17(10-16-19-7-8-25(16)18)27-14-5-3-13(4-6-14)20-12(2)26/h3-10H,1-2H3,(H,20,26)(H2,21,22,23,24). The van der Waals surface area contributed by atoms with Crippen LogP contribution in [0.4, 0.5) is 17.5 Å². The Morgan fingerprint density at radius 2 is 2.04 bits per heavy atom. The van der Waals surface area contributed by atoms with E-state index in [1.54, 1.807) is 6.20 Å². The number of hydrogen-bond acceptors (Lipinski definition) is 6. The van der Waals surface area contributed by atoms with Gasteiger partial charge in [-0.05, 0) is 31.2 Å². The Morgan fingerprint density at radius 3 is 2.74 bits per heavy atom. The topological polar surface area (TPSA) is 100 Å². The number of hydrogen-bond donors (Lipinski definition) is 3. The number of H-pyrrole nitrogens is 1. The van der Waals surface area contributed by atoms with Crippen LogP contribution >= 0.6 is 11.8 Å². The fourth-order valence-electron chi connectivity index (χ4n) is 2.57. The molecule has 4 rings (SSSR count). The van der Waals surface area contributed by atoms with Crippen molar-refractivity contribution in [2.75, 3.05) is 10.6 Å². The number of aromatic nitrogens is 5. The number of aromatic amines is 1. The zero-order valence-electron chi connectivity index (χ0n) is 14.7. The molecule has 0 fully saturated rings. The Hall–Kier alpha value is -3.33. The Balaban J connectivity index is 1.61. The van der Waals surface area contributed by atoms with Gasteiger partial charge in [-0.2, -0.15) is 5.10 Å². The second kappa shape index (κ2) is 7.12. The molecule has 3 heterocycles. The van der Waals surface area contributed by atoms with Gasteiger partial charge >= 0.3 is 0 Å². The maximum absolute atomic E-state index is 11.1. The van der Waals surface area contributed by atoms with Crippen molar-refractivity contribution in [1.82, 2.24) is 24.6 Å². The van der Waals surface area contributed by atoms with Crippen LogP contribution in [0.3, 0.4) is 0 Å². The van der Waals surface area contributed by atoms with Gasteiger partial charge in [0.1, 0.15) is 10.7 Å². The minimum atomic E-state index is -0.0915. The van der Waals surface area contributed by atoms with Gasteiger partial charge in [-0.1, -0.05) is 11.8 Å². The highest BCUT2D eigenvalue weighted by Gasteiger charge is 2.10. The first kappa shape index (κ1) is 17.1. The monoisotopic (exact) mass is 379 g/mol. The zero-order chi connectivity index (χ0) is 18.8. The summed E-state index contributed by atoms with van der Waals surface area (Å²) >= 11 is 1.52. The van der Waals surface area contributed by atoms with E-state index in [1.165, 1.54) is 18.7 Å². The van der Waals surface area contributed by atoms with E-state index < -0.39 is 0 Å². The summed E-state index contributed by atoms with van der Waals surface area (Å²) in [6.45, 7) is 3.43. The predicted molar refractivity (Wildman–Crippen MR) is 104 cm³/mol. The summed E-state index contributed by atoms with van der Waals surface area (Å²) in [5, 5.41) is 13.9. The van der Waals surface area contributed by atoms with Gasteiger partial charge in [0.2, 0.25) is 11.9 Å². The summed E-state index contributed by atoms with van der Waals surface area (Å²) in [5.74, 6) is 1.23. The quantitative estimate of drug-likeness (QED) is 0.458. The number of amides is 1. The van der Waals surface area contributed by atoms with Crippen molar-refractivity contribution in [1.29, 1.82) is 0 Å². The number of nitrogens with zero attached hydrogens (tertiary/aromatic N) is 4. The van der Waals surface area contributed by atoms with E-state index in [1.807, 2.05) is 53.9 Å². The molecule has 0 spiro atoms. The molecule has 0 atom stereocenters. The number of fused-ring (bicyclic) bond motifs is 1. The summed E-state index contributed by atoms with van der Waals surface area (Å²) in [6, 6.07) is 11.4. The van der Waals surface area contributed by atoms with Crippen molar-refractivity contribution in [2.24, 2.45) is 0 Å². The number of imidazole rings is 1. The normalized spacial score (nSPS) is 10.9. The van der Waals surface area contributed by atoms with Gasteiger partial charge in [-0.25, -0.2) is 9.97 Å². The number of nitrogens with one attached hydrogen (secondary N) is 3. The molecule has 3 N–H and O–H groups in total. The highest BCUT2D eigenvalue weighted by Crippen LogP contribution is 2.29. The third-order valence-electron chi connectivity index (χ3n) is 3.71. The largest absolute Gasteiger partial charge is 0.326 e. The lowest BCUT2D eigenvalue weighted by atomic mass is 10.3. The molecule has 8 nitrogen and oxygen atoms in total. The fourth-order valence-corrected chi connectivity index (χ4v) is 3.38. The second-order valence-electron chi connectivity index (χ2n) is 5.94. The van der Waals surface area contributed by atoms with Crippen molar-refractivity contribution in [3.8, 4) is 0 Å². The third kappa shape index (κ3) is 3.93. The molecule has 0 saturated heterocycles. The van der Waals surface area contributed by atoms with Crippen molar-refractivity contribution >= 4 is 40.8 Å². The Kier molecular flexibility index (Phi) is 4.51. The molecule has 136 valence electrons. The molecule has 0 aliphatic heterocycles. The van der Waals surface area contributed by atoms with Crippen LogP contribution in [-0.2, 0) is 4.79 Å². The smallest absolute Gasteiger partial charge is 0.221 e. The molecule has 1 aromatic carbocycles. The molecule has 0 saturated carbocycles. The predicted octanol–water partition coefficient (Wildman–Crippen LogP) is 3.61. The van der Waals surface area contributed by atoms with E-state index in [0.29, 0.717) is 11.8 Å². The van der Waals surface area contributed by atoms with Crippen LogP contribution in [0, 0.1) is 6.92 Å². The van der Waals surface area contributed by atoms with Gasteiger partial charge in [0, 0.05) is 47.7 Å². The van der Waals surface area contributed by atoms with E-state index >= 15 is 0 Å². The molecule has 27 heavy (non-hydrogen) atoms. The summed E-state index contributed by atoms with van der Waals surface area (Å²) < 4.78 is 1.87. The molecule has 0 aliphatic carbocycles. The molecule has 0 unspecified atom stereocenters. The summed E-state index contributed by atoms with van der Waals surface area (Å²) in [4.78, 5) is 21.2. The molecule has 0 radical (unpaired) electrons. The average Bonchev–Trinajstić information content (AvgIpc) is 3.25. The average molecular weight is 379 g/mol. The lowest BCUT2D eigenvalue weighted by molar-refractivity contribution is -0.114. The SMILES string of the molecule is CC(=O)Nc1ccc(Sc2cc3nccn3c(Nc3cc(C)[nH]n3)n2)cc1. The summed E-state index contributed by atoms with van der Waals surface area (Å²) in [6.07, 6.45) is 3.58. The van der Waals surface area contributed by atoms with Crippen LogP contribution in [0.1, 0.15) is 12.6 Å². The van der Waals surface area contributed by atoms with Gasteiger partial charge in [-0.3, -0.25) is 14.3 Å². The van der Waals surface area contributed by atoms with Crippen LogP contribution < -0.4 is 10.6 Å². The highest BCUT2D eigenvalue weighted by molar-refractivity contribution is 7.99. The van der Waals surface area contributed by atoms with Crippen molar-refractivity contribution in [3.63, 3.8) is 0 Å². The summed E-state index contributed by atoms with van der Waals surface area (Å²) in [7, 11) is 0. The summed E-state index contributed by atoms with van der Waals surface area (Å²) in [5.41, 5.74) is 2.51. The van der Waals surface area contributed by atoms with Crippen LogP contribution in [0.15, 0.2) is 58.7 Å². The molecule has 4 aromatic rings. The molecular weight excluding hydrogens is 362 g/mol. The number of rotatable bonds is 5. The lowest BCUT2D eigenvalue weighted by Crippen LogP contribution is -2.05. The zero-order valence-corrected chi connectivity index (χ0v) is 15.5. The highest BCUT2D eigenvalue weighted by atomic mass is 32.2. The lowest BCUT2D eigenvalue weighted by Gasteiger charge is -2.09. The number of carbonyl (C=O) groups is 1. The van der Waals surface area contributed by atoms with Crippen molar-refractivity contribution in [2.45, 2.75) is 23.8 Å². The van der Waals surface area contributed by atoms with Gasteiger partial charge in [0.25, 0.3) is 0 Å². The molecule has 3 aromatic heterocycles. The Labute approximate surface area is 159 Å². The number of benzene rings is 1. The van der Waals surface area contributed by atoms with E-state index in [-0.39, 0.29) is 5.91 Å². The van der Waals surface area contributed by atoms with Crippen LogP contribution in [-0.4, -0.2) is 30.5 Å². The van der Waals surface area contributed by atoms with Crippen LogP contribution in [0.25, 0.3) is 5.65 Å². The van der Waals surface area contributed by atoms with Gasteiger partial charge in [0.15, 0.2) is 5.82 Å². The maximum atomic E-state index is 11.1. The molecule has 0 aliphatic rings.